The predicted molar refractivity (Wildman–Crippen MR) is 145 cm³/mol. The molecule has 4 aliphatic carbocycles. The molecule has 2 nitrogen and oxygen atoms in total. The maximum Gasteiger partial charge on any atom is 0.115 e. The fourth-order valence-corrected chi connectivity index (χ4v) is 5.98. The summed E-state index contributed by atoms with van der Waals surface area (Å²) in [6.45, 7) is 20.6. The molecule has 0 heterocycles. The third-order valence-corrected chi connectivity index (χ3v) is 7.84. The Morgan fingerprint density at radius 1 is 0.765 bits per heavy atom. The van der Waals surface area contributed by atoms with Gasteiger partial charge in [-0.25, -0.2) is 0 Å². The van der Waals surface area contributed by atoms with Gasteiger partial charge in [-0.15, -0.1) is 0 Å². The Bertz CT molecular complexity index is 945. The zero-order valence-corrected chi connectivity index (χ0v) is 23.2. The number of aliphatic hydroxyl groups is 2. The molecule has 0 aliphatic heterocycles. The van der Waals surface area contributed by atoms with Crippen molar-refractivity contribution in [2.75, 3.05) is 6.61 Å². The lowest BCUT2D eigenvalue weighted by Crippen LogP contribution is -2.36. The van der Waals surface area contributed by atoms with Gasteiger partial charge in [0.1, 0.15) is 5.60 Å². The van der Waals surface area contributed by atoms with Crippen molar-refractivity contribution in [1.29, 1.82) is 0 Å². The van der Waals surface area contributed by atoms with Gasteiger partial charge in [-0.3, -0.25) is 0 Å². The van der Waals surface area contributed by atoms with Crippen LogP contribution < -0.4 is 0 Å². The van der Waals surface area contributed by atoms with E-state index in [1.54, 1.807) is 0 Å². The van der Waals surface area contributed by atoms with Crippen LogP contribution in [-0.4, -0.2) is 16.8 Å². The Kier molecular flexibility index (Phi) is 7.76. The van der Waals surface area contributed by atoms with E-state index in [0.29, 0.717) is 12.3 Å². The maximum absolute atomic E-state index is 12.8. The zero-order valence-electron chi connectivity index (χ0n) is 23.2. The summed E-state index contributed by atoms with van der Waals surface area (Å²) in [6.07, 6.45) is 5.50. The zero-order chi connectivity index (χ0) is 25.5. The second-order valence-corrected chi connectivity index (χ2v) is 12.7. The molecule has 4 bridgehead atoms. The van der Waals surface area contributed by atoms with Crippen molar-refractivity contribution in [1.82, 2.24) is 0 Å². The summed E-state index contributed by atoms with van der Waals surface area (Å²) in [5.41, 5.74) is 8.84. The van der Waals surface area contributed by atoms with Crippen LogP contribution in [0.1, 0.15) is 137 Å². The molecule has 0 radical (unpaired) electrons. The lowest BCUT2D eigenvalue weighted by atomic mass is 9.66. The second kappa shape index (κ2) is 9.78. The van der Waals surface area contributed by atoms with Gasteiger partial charge in [0.05, 0.1) is 0 Å². The van der Waals surface area contributed by atoms with Gasteiger partial charge in [0.25, 0.3) is 0 Å². The van der Waals surface area contributed by atoms with Gasteiger partial charge in [0.15, 0.2) is 0 Å². The smallest absolute Gasteiger partial charge is 0.115 e. The molecule has 0 amide bonds. The molecule has 0 unspecified atom stereocenters. The van der Waals surface area contributed by atoms with Gasteiger partial charge in [-0.2, -0.15) is 0 Å². The minimum Gasteiger partial charge on any atom is -0.396 e. The van der Waals surface area contributed by atoms with Crippen molar-refractivity contribution >= 4 is 0 Å². The van der Waals surface area contributed by atoms with Crippen LogP contribution in [0, 0.1) is 13.8 Å². The number of benzene rings is 2. The van der Waals surface area contributed by atoms with Crippen LogP contribution in [0.3, 0.4) is 0 Å². The van der Waals surface area contributed by atoms with Crippen LogP contribution in [0.15, 0.2) is 24.3 Å². The van der Waals surface area contributed by atoms with Gasteiger partial charge >= 0.3 is 0 Å². The molecule has 2 aromatic rings. The van der Waals surface area contributed by atoms with Crippen molar-refractivity contribution in [3.05, 3.63) is 68.8 Å². The Balaban J connectivity index is 2.45. The number of hydrogen-bond donors (Lipinski definition) is 2. The Labute approximate surface area is 208 Å². The number of hydrogen-bond acceptors (Lipinski definition) is 2. The molecule has 4 aliphatic rings. The molecule has 6 rings (SSSR count). The molecule has 0 atom stereocenters. The standard InChI is InChI=1S/C32H48O2/c1-10-14-23-24-19-26(30(4,5)6)28(17-21(24)2)32(34,15-12-11-13-16-33)29-18-22(3)25(23)20-27(29)31(7,8)9/h17-20,23,33-34H,10-16H2,1-9H3. The molecule has 2 N–H and O–H groups in total. The quantitative estimate of drug-likeness (QED) is 0.408. The van der Waals surface area contributed by atoms with E-state index in [4.69, 9.17) is 0 Å². The van der Waals surface area contributed by atoms with Crippen LogP contribution in [0.5, 0.6) is 0 Å². The normalized spacial score (nSPS) is 20.3. The van der Waals surface area contributed by atoms with E-state index < -0.39 is 5.60 Å². The van der Waals surface area contributed by atoms with Crippen LogP contribution >= 0.6 is 0 Å². The Morgan fingerprint density at radius 2 is 1.24 bits per heavy atom. The van der Waals surface area contributed by atoms with Crippen molar-refractivity contribution in [3.8, 4) is 0 Å². The second-order valence-electron chi connectivity index (χ2n) is 12.7. The third-order valence-electron chi connectivity index (χ3n) is 7.84. The Hall–Kier alpha value is -1.64. The summed E-state index contributed by atoms with van der Waals surface area (Å²) >= 11 is 0. The van der Waals surface area contributed by atoms with Crippen molar-refractivity contribution in [3.63, 3.8) is 0 Å². The molecular weight excluding hydrogens is 416 g/mol. The number of rotatable bonds is 7. The summed E-state index contributed by atoms with van der Waals surface area (Å²) in [4.78, 5) is 0. The lowest BCUT2D eigenvalue weighted by molar-refractivity contribution is 0.0634. The molecule has 0 saturated heterocycles. The first-order chi connectivity index (χ1) is 15.8. The van der Waals surface area contributed by atoms with E-state index in [1.165, 1.54) is 33.4 Å². The highest BCUT2D eigenvalue weighted by molar-refractivity contribution is 5.58. The fraction of sp³-hybridized carbons (Fsp3) is 0.625. The van der Waals surface area contributed by atoms with E-state index in [2.05, 4.69) is 86.6 Å². The van der Waals surface area contributed by atoms with Crippen LogP contribution in [0.4, 0.5) is 0 Å². The first-order valence-corrected chi connectivity index (χ1v) is 13.4. The molecule has 2 aromatic carbocycles. The van der Waals surface area contributed by atoms with Gasteiger partial charge in [-0.1, -0.05) is 85.6 Å². The van der Waals surface area contributed by atoms with E-state index in [1.807, 2.05) is 0 Å². The largest absolute Gasteiger partial charge is 0.396 e. The highest BCUT2D eigenvalue weighted by Gasteiger charge is 2.41. The first kappa shape index (κ1) is 27.0. The SMILES string of the molecule is CCCC1c2cc(C(C)(C)C)c(cc2C)C(O)(CCCCCO)c2cc(C)c1cc2C(C)(C)C. The minimum absolute atomic E-state index is 0.0817. The molecular formula is C32H48O2. The Morgan fingerprint density at radius 3 is 1.62 bits per heavy atom. The molecule has 34 heavy (non-hydrogen) atoms. The van der Waals surface area contributed by atoms with Gasteiger partial charge < -0.3 is 10.2 Å². The average Bonchev–Trinajstić information content (AvgIpc) is 2.73. The monoisotopic (exact) mass is 464 g/mol. The van der Waals surface area contributed by atoms with Crippen LogP contribution in [0.25, 0.3) is 0 Å². The van der Waals surface area contributed by atoms with E-state index >= 15 is 0 Å². The van der Waals surface area contributed by atoms with Crippen molar-refractivity contribution in [2.45, 2.75) is 123 Å². The third kappa shape index (κ3) is 5.00. The van der Waals surface area contributed by atoms with Crippen LogP contribution in [0.2, 0.25) is 0 Å². The van der Waals surface area contributed by atoms with Gasteiger partial charge in [0, 0.05) is 12.5 Å². The summed E-state index contributed by atoms with van der Waals surface area (Å²) in [5, 5.41) is 22.2. The topological polar surface area (TPSA) is 40.5 Å². The van der Waals surface area contributed by atoms with Crippen LogP contribution in [-0.2, 0) is 16.4 Å². The van der Waals surface area contributed by atoms with E-state index in [-0.39, 0.29) is 17.4 Å². The molecule has 0 saturated carbocycles. The fourth-order valence-electron chi connectivity index (χ4n) is 5.98. The van der Waals surface area contributed by atoms with Crippen molar-refractivity contribution in [2.24, 2.45) is 0 Å². The molecule has 0 aromatic heterocycles. The highest BCUT2D eigenvalue weighted by Crippen LogP contribution is 2.49. The van der Waals surface area contributed by atoms with Gasteiger partial charge in [-0.05, 0) is 94.9 Å². The highest BCUT2D eigenvalue weighted by atomic mass is 16.3. The molecule has 2 heteroatoms. The summed E-state index contributed by atoms with van der Waals surface area (Å²) in [7, 11) is 0. The summed E-state index contributed by atoms with van der Waals surface area (Å²) < 4.78 is 0. The van der Waals surface area contributed by atoms with E-state index in [0.717, 1.165) is 43.2 Å². The number of aliphatic hydroxyl groups excluding tert-OH is 1. The average molecular weight is 465 g/mol. The molecule has 0 spiro atoms. The lowest BCUT2D eigenvalue weighted by Gasteiger charge is -2.41. The summed E-state index contributed by atoms with van der Waals surface area (Å²) in [6, 6.07) is 9.47. The maximum atomic E-state index is 12.8. The first-order valence-electron chi connectivity index (χ1n) is 13.4. The molecule has 0 fully saturated rings. The minimum atomic E-state index is -1.06. The van der Waals surface area contributed by atoms with E-state index in [9.17, 15) is 10.2 Å². The van der Waals surface area contributed by atoms with Crippen molar-refractivity contribution < 1.29 is 10.2 Å². The predicted octanol–water partition coefficient (Wildman–Crippen LogP) is 7.93. The number of unbranched alkanes of at least 4 members (excludes halogenated alkanes) is 2. The summed E-state index contributed by atoms with van der Waals surface area (Å²) in [5.74, 6) is 0.367. The number of aryl methyl sites for hydroxylation is 2. The molecule has 188 valence electrons. The van der Waals surface area contributed by atoms with Gasteiger partial charge in [0.2, 0.25) is 0 Å².